The normalized spacial score (nSPS) is 25.0. The zero-order valence-electron chi connectivity index (χ0n) is 12.3. The highest BCUT2D eigenvalue weighted by atomic mass is 35.5. The summed E-state index contributed by atoms with van der Waals surface area (Å²) in [5.74, 6) is 1.84. The third kappa shape index (κ3) is 2.06. The first-order valence-electron chi connectivity index (χ1n) is 7.56. The van der Waals surface area contributed by atoms with Crippen LogP contribution in [-0.4, -0.2) is 23.4 Å². The Bertz CT molecular complexity index is 710. The van der Waals surface area contributed by atoms with Crippen molar-refractivity contribution in [2.24, 2.45) is 0 Å². The van der Waals surface area contributed by atoms with Crippen molar-refractivity contribution in [2.45, 2.75) is 32.0 Å². The van der Waals surface area contributed by atoms with E-state index < -0.39 is 0 Å². The summed E-state index contributed by atoms with van der Waals surface area (Å²) in [6, 6.07) is 11.3. The van der Waals surface area contributed by atoms with Gasteiger partial charge in [0.05, 0.1) is 6.04 Å². The second kappa shape index (κ2) is 5.14. The van der Waals surface area contributed by atoms with Crippen LogP contribution in [0.15, 0.2) is 40.8 Å². The first kappa shape index (κ1) is 13.9. The van der Waals surface area contributed by atoms with Crippen LogP contribution in [0.5, 0.6) is 0 Å². The third-order valence-electron chi connectivity index (χ3n) is 4.50. The average molecular weight is 317 g/mol. The van der Waals surface area contributed by atoms with Gasteiger partial charge in [0.25, 0.3) is 0 Å². The predicted molar refractivity (Wildman–Crippen MR) is 84.9 cm³/mol. The van der Waals surface area contributed by atoms with E-state index in [4.69, 9.17) is 16.0 Å². The van der Waals surface area contributed by atoms with Crippen molar-refractivity contribution in [2.75, 3.05) is 11.4 Å². The molecule has 1 amide bonds. The number of rotatable bonds is 2. The summed E-state index contributed by atoms with van der Waals surface area (Å²) in [6.45, 7) is 2.85. The van der Waals surface area contributed by atoms with Gasteiger partial charge < -0.3 is 4.42 Å². The van der Waals surface area contributed by atoms with Gasteiger partial charge in [-0.1, -0.05) is 11.6 Å². The molecule has 0 N–H and O–H groups in total. The number of carbonyl (C=O) groups excluding carboxylic acids is 1. The number of fused-ring (bicyclic) bond motifs is 1. The van der Waals surface area contributed by atoms with E-state index in [0.717, 1.165) is 36.6 Å². The fraction of sp³-hybridized carbons (Fsp3) is 0.353. The van der Waals surface area contributed by atoms with Crippen LogP contribution < -0.4 is 4.90 Å². The molecule has 1 aromatic carbocycles. The molecule has 4 nitrogen and oxygen atoms in total. The summed E-state index contributed by atoms with van der Waals surface area (Å²) in [5.41, 5.74) is 0.864. The highest BCUT2D eigenvalue weighted by molar-refractivity contribution is 6.30. The summed E-state index contributed by atoms with van der Waals surface area (Å²) in [7, 11) is 0. The van der Waals surface area contributed by atoms with Gasteiger partial charge in [0.2, 0.25) is 5.91 Å². The van der Waals surface area contributed by atoms with Gasteiger partial charge in [0.15, 0.2) is 0 Å². The molecule has 2 atom stereocenters. The van der Waals surface area contributed by atoms with Crippen LogP contribution in [0.2, 0.25) is 5.02 Å². The lowest BCUT2D eigenvalue weighted by atomic mass is 10.2. The van der Waals surface area contributed by atoms with Gasteiger partial charge >= 0.3 is 0 Å². The number of aryl methyl sites for hydroxylation is 1. The SMILES string of the molecule is Cc1ccc([C@H]2N(c3ccc(Cl)cc3)C(=O)[C@@H]3CCCN32)o1. The predicted octanol–water partition coefficient (Wildman–Crippen LogP) is 3.75. The summed E-state index contributed by atoms with van der Waals surface area (Å²) in [5, 5.41) is 0.668. The number of anilines is 1. The molecule has 0 radical (unpaired) electrons. The largest absolute Gasteiger partial charge is 0.463 e. The second-order valence-electron chi connectivity index (χ2n) is 5.90. The van der Waals surface area contributed by atoms with Crippen LogP contribution in [0.3, 0.4) is 0 Å². The Morgan fingerprint density at radius 1 is 1.18 bits per heavy atom. The fourth-order valence-electron chi connectivity index (χ4n) is 3.53. The molecular weight excluding hydrogens is 300 g/mol. The molecule has 2 fully saturated rings. The number of halogens is 1. The molecule has 0 aliphatic carbocycles. The molecule has 4 rings (SSSR count). The van der Waals surface area contributed by atoms with Crippen molar-refractivity contribution in [1.82, 2.24) is 4.90 Å². The molecule has 1 aromatic heterocycles. The van der Waals surface area contributed by atoms with Crippen LogP contribution in [0.25, 0.3) is 0 Å². The molecule has 2 aliphatic heterocycles. The van der Waals surface area contributed by atoms with Crippen LogP contribution in [-0.2, 0) is 4.79 Å². The molecule has 5 heteroatoms. The minimum Gasteiger partial charge on any atom is -0.463 e. The Labute approximate surface area is 134 Å². The minimum atomic E-state index is -0.158. The summed E-state index contributed by atoms with van der Waals surface area (Å²) >= 11 is 5.97. The summed E-state index contributed by atoms with van der Waals surface area (Å²) in [4.78, 5) is 17.0. The van der Waals surface area contributed by atoms with E-state index >= 15 is 0 Å². The molecule has 2 aliphatic rings. The molecule has 0 spiro atoms. The molecule has 3 heterocycles. The number of amides is 1. The van der Waals surface area contributed by atoms with E-state index in [1.54, 1.807) is 0 Å². The van der Waals surface area contributed by atoms with E-state index in [-0.39, 0.29) is 18.1 Å². The second-order valence-corrected chi connectivity index (χ2v) is 6.34. The van der Waals surface area contributed by atoms with Crippen LogP contribution >= 0.6 is 11.6 Å². The fourth-order valence-corrected chi connectivity index (χ4v) is 3.66. The van der Waals surface area contributed by atoms with E-state index in [1.807, 2.05) is 48.2 Å². The van der Waals surface area contributed by atoms with E-state index in [9.17, 15) is 4.79 Å². The third-order valence-corrected chi connectivity index (χ3v) is 4.75. The summed E-state index contributed by atoms with van der Waals surface area (Å²) in [6.07, 6.45) is 1.81. The van der Waals surface area contributed by atoms with Crippen LogP contribution in [0.4, 0.5) is 5.69 Å². The van der Waals surface area contributed by atoms with Gasteiger partial charge in [-0.3, -0.25) is 14.6 Å². The maximum Gasteiger partial charge on any atom is 0.246 e. The van der Waals surface area contributed by atoms with E-state index in [2.05, 4.69) is 4.90 Å². The Morgan fingerprint density at radius 2 is 1.95 bits per heavy atom. The van der Waals surface area contributed by atoms with E-state index in [0.29, 0.717) is 5.02 Å². The quantitative estimate of drug-likeness (QED) is 0.846. The molecule has 2 aromatic rings. The van der Waals surface area contributed by atoms with Gasteiger partial charge in [-0.15, -0.1) is 0 Å². The van der Waals surface area contributed by atoms with Crippen molar-refractivity contribution >= 4 is 23.2 Å². The first-order valence-corrected chi connectivity index (χ1v) is 7.94. The van der Waals surface area contributed by atoms with Crippen molar-refractivity contribution in [3.05, 3.63) is 52.9 Å². The van der Waals surface area contributed by atoms with Crippen molar-refractivity contribution in [1.29, 1.82) is 0 Å². The number of furan rings is 1. The molecule has 0 unspecified atom stereocenters. The lowest BCUT2D eigenvalue weighted by molar-refractivity contribution is -0.119. The van der Waals surface area contributed by atoms with Crippen LogP contribution in [0.1, 0.15) is 30.5 Å². The topological polar surface area (TPSA) is 36.7 Å². The zero-order chi connectivity index (χ0) is 15.3. The van der Waals surface area contributed by atoms with Crippen molar-refractivity contribution in [3.8, 4) is 0 Å². The monoisotopic (exact) mass is 316 g/mol. The van der Waals surface area contributed by atoms with Gasteiger partial charge in [-0.25, -0.2) is 0 Å². The molecular formula is C17H17ClN2O2. The Balaban J connectivity index is 1.79. The highest BCUT2D eigenvalue weighted by Gasteiger charge is 2.50. The van der Waals surface area contributed by atoms with Gasteiger partial charge in [0.1, 0.15) is 17.7 Å². The smallest absolute Gasteiger partial charge is 0.246 e. The lowest BCUT2D eigenvalue weighted by Crippen LogP contribution is -2.32. The Morgan fingerprint density at radius 3 is 2.64 bits per heavy atom. The molecule has 0 bridgehead atoms. The number of hydrogen-bond donors (Lipinski definition) is 0. The minimum absolute atomic E-state index is 0.0360. The van der Waals surface area contributed by atoms with Gasteiger partial charge in [-0.2, -0.15) is 0 Å². The number of benzene rings is 1. The van der Waals surface area contributed by atoms with Crippen LogP contribution in [0, 0.1) is 6.92 Å². The molecule has 2 saturated heterocycles. The zero-order valence-corrected chi connectivity index (χ0v) is 13.1. The molecule has 114 valence electrons. The maximum atomic E-state index is 12.9. The standard InChI is InChI=1S/C17H17ClN2O2/c1-11-4-9-15(22-11)16-19-10-2-3-14(19)17(21)20(16)13-7-5-12(18)6-8-13/h4-9,14,16H,2-3,10H2,1H3/t14-,16+/m0/s1. The van der Waals surface area contributed by atoms with Crippen molar-refractivity contribution in [3.63, 3.8) is 0 Å². The molecule has 22 heavy (non-hydrogen) atoms. The number of nitrogens with zero attached hydrogens (tertiary/aromatic N) is 2. The lowest BCUT2D eigenvalue weighted by Gasteiger charge is -2.27. The number of carbonyl (C=O) groups is 1. The first-order chi connectivity index (χ1) is 10.6. The maximum absolute atomic E-state index is 12.9. The highest BCUT2D eigenvalue weighted by Crippen LogP contribution is 2.42. The average Bonchev–Trinajstić information content (AvgIpc) is 3.18. The Kier molecular flexibility index (Phi) is 3.24. The number of hydrogen-bond acceptors (Lipinski definition) is 3. The van der Waals surface area contributed by atoms with Gasteiger partial charge in [0, 0.05) is 17.3 Å². The molecule has 0 saturated carbocycles. The van der Waals surface area contributed by atoms with Crippen molar-refractivity contribution < 1.29 is 9.21 Å². The summed E-state index contributed by atoms with van der Waals surface area (Å²) < 4.78 is 5.84. The Hall–Kier alpha value is -1.78. The van der Waals surface area contributed by atoms with E-state index in [1.165, 1.54) is 0 Å². The van der Waals surface area contributed by atoms with Gasteiger partial charge in [-0.05, 0) is 56.2 Å².